The zero-order valence-electron chi connectivity index (χ0n) is 19.9. The maximum atomic E-state index is 13.4. The number of aromatic nitrogens is 1. The third kappa shape index (κ3) is 5.35. The minimum absolute atomic E-state index is 0.173. The van der Waals surface area contributed by atoms with Gasteiger partial charge in [-0.15, -0.1) is 5.53 Å². The number of amides is 1. The topological polar surface area (TPSA) is 133 Å². The highest BCUT2D eigenvalue weighted by atomic mass is 35.5. The molecule has 1 fully saturated rings. The summed E-state index contributed by atoms with van der Waals surface area (Å²) in [6.07, 6.45) is 5.62. The largest absolute Gasteiger partial charge is 0.618 e. The van der Waals surface area contributed by atoms with E-state index in [4.69, 9.17) is 11.6 Å². The molecule has 5 rings (SSSR count). The van der Waals surface area contributed by atoms with Crippen molar-refractivity contribution in [3.8, 4) is 11.1 Å². The lowest BCUT2D eigenvalue weighted by Crippen LogP contribution is -2.38. The lowest BCUT2D eigenvalue weighted by molar-refractivity contribution is -0.614. The Kier molecular flexibility index (Phi) is 6.68. The van der Waals surface area contributed by atoms with Gasteiger partial charge in [-0.3, -0.25) is 4.79 Å². The molecule has 1 unspecified atom stereocenters. The van der Waals surface area contributed by atoms with Crippen molar-refractivity contribution < 1.29 is 19.4 Å². The van der Waals surface area contributed by atoms with E-state index in [2.05, 4.69) is 21.5 Å². The van der Waals surface area contributed by atoms with Crippen molar-refractivity contribution in [3.63, 3.8) is 0 Å². The Hall–Kier alpha value is -4.15. The van der Waals surface area contributed by atoms with Gasteiger partial charge in [-0.25, -0.2) is 15.3 Å². The second-order valence-corrected chi connectivity index (χ2v) is 9.66. The average molecular weight is 521 g/mol. The number of carboxylic acid groups (broad SMARTS) is 1. The first-order valence-electron chi connectivity index (χ1n) is 11.8. The third-order valence-electron chi connectivity index (χ3n) is 6.55. The molecule has 2 aromatic carbocycles. The Morgan fingerprint density at radius 3 is 2.70 bits per heavy atom. The van der Waals surface area contributed by atoms with Crippen molar-refractivity contribution >= 4 is 41.2 Å². The molecule has 1 atom stereocenters. The van der Waals surface area contributed by atoms with Crippen molar-refractivity contribution in [2.45, 2.75) is 32.1 Å². The Morgan fingerprint density at radius 1 is 1.24 bits per heavy atom. The number of benzene rings is 2. The molecule has 2 aliphatic rings. The first-order valence-corrected chi connectivity index (χ1v) is 12.2. The van der Waals surface area contributed by atoms with Crippen LogP contribution in [0.5, 0.6) is 0 Å². The van der Waals surface area contributed by atoms with Gasteiger partial charge >= 0.3 is 5.97 Å². The van der Waals surface area contributed by atoms with E-state index in [9.17, 15) is 19.9 Å². The summed E-state index contributed by atoms with van der Waals surface area (Å²) in [5.74, 6) is -1.60. The highest BCUT2D eigenvalue weighted by Crippen LogP contribution is 2.39. The summed E-state index contributed by atoms with van der Waals surface area (Å²) >= 11 is 6.26. The van der Waals surface area contributed by atoms with Gasteiger partial charge < -0.3 is 15.6 Å². The smallest absolute Gasteiger partial charge is 0.335 e. The van der Waals surface area contributed by atoms with Gasteiger partial charge in [-0.1, -0.05) is 24.4 Å². The molecule has 1 aliphatic heterocycles. The Labute approximate surface area is 218 Å². The lowest BCUT2D eigenvalue weighted by Gasteiger charge is -2.19. The molecule has 11 heteroatoms. The molecular formula is C26H25ClN6O4. The molecular weight excluding hydrogens is 496 g/mol. The van der Waals surface area contributed by atoms with E-state index in [1.54, 1.807) is 54.7 Å². The minimum Gasteiger partial charge on any atom is -0.618 e. The van der Waals surface area contributed by atoms with E-state index >= 15 is 0 Å². The predicted octanol–water partition coefficient (Wildman–Crippen LogP) is 3.94. The molecule has 4 N–H and O–H groups in total. The van der Waals surface area contributed by atoms with Crippen molar-refractivity contribution in [1.82, 2.24) is 11.1 Å². The van der Waals surface area contributed by atoms with Crippen molar-refractivity contribution in [2.24, 2.45) is 11.0 Å². The lowest BCUT2D eigenvalue weighted by atomic mass is 9.95. The fraction of sp³-hybridized carbons (Fsp3) is 0.231. The molecule has 1 aromatic heterocycles. The van der Waals surface area contributed by atoms with E-state index < -0.39 is 11.9 Å². The molecule has 2 heterocycles. The number of aromatic carboxylic acids is 1. The van der Waals surface area contributed by atoms with E-state index in [1.165, 1.54) is 12.3 Å². The van der Waals surface area contributed by atoms with Crippen LogP contribution in [0.15, 0.2) is 59.8 Å². The molecule has 1 amide bonds. The number of nitrogens with zero attached hydrogens (tertiary/aromatic N) is 3. The number of nitrogens with one attached hydrogen (secondary N) is 3. The van der Waals surface area contributed by atoms with Gasteiger partial charge in [0.15, 0.2) is 6.20 Å². The second kappa shape index (κ2) is 10.1. The standard InChI is InChI=1S/C26H25ClN6O4/c1-15-10-19(6-7-20(15)26(35)36)29-25(34)22(11-16-2-3-16)24-8-4-17(13-33(24)37)21-12-18(27)5-9-23(21)32-14-28-30-31-32/h4-10,12-14,16,22,30-31H,2-3,11H2,1H3,(H,29,34)(H,35,36). The number of hydrogen-bond donors (Lipinski definition) is 4. The number of hydrogen-bond acceptors (Lipinski definition) is 7. The first-order chi connectivity index (χ1) is 17.8. The summed E-state index contributed by atoms with van der Waals surface area (Å²) in [5.41, 5.74) is 9.13. The van der Waals surface area contributed by atoms with Gasteiger partial charge in [-0.2, -0.15) is 9.83 Å². The van der Waals surface area contributed by atoms with Gasteiger partial charge in [0, 0.05) is 27.9 Å². The SMILES string of the molecule is Cc1cc(NC(=O)C(CC2CC2)c2ccc(-c3cc(Cl)ccc3N3C=NNN3)c[n+]2[O-])ccc1C(=O)O. The van der Waals surface area contributed by atoms with Gasteiger partial charge in [-0.05, 0) is 67.3 Å². The van der Waals surface area contributed by atoms with Crippen LogP contribution in [0, 0.1) is 18.0 Å². The van der Waals surface area contributed by atoms with Crippen LogP contribution in [0.1, 0.15) is 46.8 Å². The quantitative estimate of drug-likeness (QED) is 0.261. The second-order valence-electron chi connectivity index (χ2n) is 9.22. The van der Waals surface area contributed by atoms with Crippen LogP contribution < -0.4 is 26.1 Å². The van der Waals surface area contributed by atoms with Gasteiger partial charge in [0.2, 0.25) is 11.6 Å². The molecule has 190 valence electrons. The number of carboxylic acids is 1. The van der Waals surface area contributed by atoms with Gasteiger partial charge in [0.05, 0.1) is 11.3 Å². The minimum atomic E-state index is -1.03. The number of anilines is 2. The fourth-order valence-corrected chi connectivity index (χ4v) is 4.62. The van der Waals surface area contributed by atoms with Crippen molar-refractivity contribution in [1.29, 1.82) is 0 Å². The maximum Gasteiger partial charge on any atom is 0.335 e. The van der Waals surface area contributed by atoms with Crippen LogP contribution in [0.25, 0.3) is 11.1 Å². The van der Waals surface area contributed by atoms with E-state index in [1.807, 2.05) is 6.07 Å². The van der Waals surface area contributed by atoms with Crippen LogP contribution in [-0.2, 0) is 4.79 Å². The molecule has 37 heavy (non-hydrogen) atoms. The van der Waals surface area contributed by atoms with Crippen LogP contribution in [0.4, 0.5) is 11.4 Å². The highest BCUT2D eigenvalue weighted by molar-refractivity contribution is 6.31. The zero-order chi connectivity index (χ0) is 26.1. The molecule has 10 nitrogen and oxygen atoms in total. The maximum absolute atomic E-state index is 13.4. The van der Waals surface area contributed by atoms with Gasteiger partial charge in [0.1, 0.15) is 12.3 Å². The van der Waals surface area contributed by atoms with E-state index in [-0.39, 0.29) is 11.5 Å². The molecule has 0 radical (unpaired) electrons. The molecule has 1 saturated carbocycles. The summed E-state index contributed by atoms with van der Waals surface area (Å²) in [4.78, 5) is 24.7. The zero-order valence-corrected chi connectivity index (χ0v) is 20.7. The third-order valence-corrected chi connectivity index (χ3v) is 6.78. The summed E-state index contributed by atoms with van der Waals surface area (Å²) in [5, 5.41) is 31.5. The Morgan fingerprint density at radius 2 is 2.05 bits per heavy atom. The normalized spacial score (nSPS) is 15.4. The summed E-state index contributed by atoms with van der Waals surface area (Å²) in [6, 6.07) is 13.4. The summed E-state index contributed by atoms with van der Waals surface area (Å²) < 4.78 is 0.745. The molecule has 3 aromatic rings. The number of carbonyl (C=O) groups is 2. The monoisotopic (exact) mass is 520 g/mol. The van der Waals surface area contributed by atoms with E-state index in [0.717, 1.165) is 23.3 Å². The van der Waals surface area contributed by atoms with Gasteiger partial charge in [0.25, 0.3) is 0 Å². The number of hydrazone groups is 1. The molecule has 1 aliphatic carbocycles. The van der Waals surface area contributed by atoms with Crippen LogP contribution in [-0.4, -0.2) is 23.3 Å². The molecule has 0 bridgehead atoms. The number of pyridine rings is 1. The van der Waals surface area contributed by atoms with Crippen LogP contribution in [0.2, 0.25) is 5.02 Å². The number of halogens is 1. The predicted molar refractivity (Wildman–Crippen MR) is 140 cm³/mol. The van der Waals surface area contributed by atoms with E-state index in [0.29, 0.717) is 45.4 Å². The molecule has 0 spiro atoms. The first kappa shape index (κ1) is 24.5. The van der Waals surface area contributed by atoms with Crippen molar-refractivity contribution in [3.05, 3.63) is 81.8 Å². The van der Waals surface area contributed by atoms with Crippen LogP contribution >= 0.6 is 11.6 Å². The Balaban J connectivity index is 1.44. The van der Waals surface area contributed by atoms with Crippen molar-refractivity contribution in [2.75, 3.05) is 10.3 Å². The Bertz CT molecular complexity index is 1410. The number of rotatable bonds is 8. The fourth-order valence-electron chi connectivity index (χ4n) is 4.45. The summed E-state index contributed by atoms with van der Waals surface area (Å²) in [7, 11) is 0. The highest BCUT2D eigenvalue weighted by Gasteiger charge is 2.35. The van der Waals surface area contributed by atoms with Crippen LogP contribution in [0.3, 0.4) is 0 Å². The number of carbonyl (C=O) groups excluding carboxylic acids is 1. The average Bonchev–Trinajstić information content (AvgIpc) is 3.52. The summed E-state index contributed by atoms with van der Waals surface area (Å²) in [6.45, 7) is 1.68. The number of hydrazine groups is 2. The number of aryl methyl sites for hydroxylation is 1. The molecule has 0 saturated heterocycles.